The van der Waals surface area contributed by atoms with Crippen molar-refractivity contribution < 1.29 is 9.18 Å². The molecule has 4 aromatic heterocycles. The summed E-state index contributed by atoms with van der Waals surface area (Å²) in [4.78, 5) is 24.9. The second-order valence-electron chi connectivity index (χ2n) is 11.4. The van der Waals surface area contributed by atoms with Gasteiger partial charge in [-0.2, -0.15) is 5.10 Å². The number of H-pyrrole nitrogens is 2. The topological polar surface area (TPSA) is 99.3 Å². The minimum absolute atomic E-state index is 0.0569. The number of aryl methyl sites for hydroxylation is 1. The van der Waals surface area contributed by atoms with Crippen LogP contribution in [0.5, 0.6) is 0 Å². The molecule has 0 fully saturated rings. The van der Waals surface area contributed by atoms with Crippen LogP contribution in [-0.2, 0) is 4.79 Å². The first kappa shape index (κ1) is 25.4. The lowest BCUT2D eigenvalue weighted by molar-refractivity contribution is -0.117. The van der Waals surface area contributed by atoms with Crippen LogP contribution in [0.1, 0.15) is 32.8 Å². The van der Waals surface area contributed by atoms with E-state index in [0.29, 0.717) is 17.8 Å². The van der Waals surface area contributed by atoms with Crippen LogP contribution >= 0.6 is 0 Å². The van der Waals surface area contributed by atoms with Gasteiger partial charge < -0.3 is 10.3 Å². The fraction of sp³-hybridized carbons (Fsp3) is 0.188. The molecule has 6 rings (SSSR count). The first-order valence-electron chi connectivity index (χ1n) is 13.1. The molecule has 0 saturated carbocycles. The molecule has 2 aromatic carbocycles. The maximum atomic E-state index is 14.2. The van der Waals surface area contributed by atoms with Gasteiger partial charge in [0.1, 0.15) is 11.5 Å². The number of rotatable bonds is 5. The Bertz CT molecular complexity index is 1880. The van der Waals surface area contributed by atoms with E-state index in [1.165, 1.54) is 6.07 Å². The zero-order valence-corrected chi connectivity index (χ0v) is 22.8. The summed E-state index contributed by atoms with van der Waals surface area (Å²) >= 11 is 0. The lowest BCUT2D eigenvalue weighted by atomic mass is 9.92. The van der Waals surface area contributed by atoms with Crippen molar-refractivity contribution in [2.24, 2.45) is 5.41 Å². The van der Waals surface area contributed by atoms with E-state index in [1.807, 2.05) is 70.2 Å². The molecular formula is C32H29FN6O. The van der Waals surface area contributed by atoms with Crippen LogP contribution in [0.4, 0.5) is 10.1 Å². The first-order valence-corrected chi connectivity index (χ1v) is 13.1. The minimum atomic E-state index is -0.256. The Hall–Kier alpha value is -4.85. The van der Waals surface area contributed by atoms with Crippen LogP contribution in [-0.4, -0.2) is 31.1 Å². The van der Waals surface area contributed by atoms with Crippen LogP contribution in [0.2, 0.25) is 0 Å². The van der Waals surface area contributed by atoms with Crippen molar-refractivity contribution in [3.63, 3.8) is 0 Å². The number of carbonyl (C=O) groups is 1. The number of hydrogen-bond donors (Lipinski definition) is 3. The monoisotopic (exact) mass is 532 g/mol. The van der Waals surface area contributed by atoms with E-state index in [2.05, 4.69) is 30.5 Å². The van der Waals surface area contributed by atoms with Gasteiger partial charge in [-0.3, -0.25) is 19.9 Å². The maximum absolute atomic E-state index is 14.2. The quantitative estimate of drug-likeness (QED) is 0.212. The molecule has 40 heavy (non-hydrogen) atoms. The SMILES string of the molecule is Cc1cc(F)cc(-c2cccc3[nH]c(-c4n[nH]c5cnc(-c6cncc(NC(=O)CC(C)(C)C)c6)cc45)cc23)c1. The van der Waals surface area contributed by atoms with Gasteiger partial charge in [0.25, 0.3) is 0 Å². The summed E-state index contributed by atoms with van der Waals surface area (Å²) in [5, 5.41) is 12.5. The third kappa shape index (κ3) is 5.08. The number of halogens is 1. The molecule has 8 heteroatoms. The largest absolute Gasteiger partial charge is 0.353 e. The predicted molar refractivity (Wildman–Crippen MR) is 157 cm³/mol. The average Bonchev–Trinajstić information content (AvgIpc) is 3.50. The van der Waals surface area contributed by atoms with E-state index in [9.17, 15) is 9.18 Å². The zero-order chi connectivity index (χ0) is 28.0. The molecule has 0 aliphatic carbocycles. The fourth-order valence-corrected chi connectivity index (χ4v) is 5.04. The molecule has 0 atom stereocenters. The van der Waals surface area contributed by atoms with Gasteiger partial charge >= 0.3 is 0 Å². The summed E-state index contributed by atoms with van der Waals surface area (Å²) in [6.07, 6.45) is 5.51. The van der Waals surface area contributed by atoms with Gasteiger partial charge in [-0.1, -0.05) is 39.0 Å². The molecule has 0 unspecified atom stereocenters. The summed E-state index contributed by atoms with van der Waals surface area (Å²) in [7, 11) is 0. The van der Waals surface area contributed by atoms with Crippen molar-refractivity contribution in [1.29, 1.82) is 0 Å². The number of amides is 1. The molecule has 0 aliphatic rings. The van der Waals surface area contributed by atoms with Crippen molar-refractivity contribution in [1.82, 2.24) is 25.1 Å². The Morgan fingerprint density at radius 2 is 1.80 bits per heavy atom. The molecule has 0 bridgehead atoms. The number of fused-ring (bicyclic) bond motifs is 2. The molecule has 4 heterocycles. The number of aromatic nitrogens is 5. The van der Waals surface area contributed by atoms with Crippen molar-refractivity contribution in [3.8, 4) is 33.8 Å². The van der Waals surface area contributed by atoms with Gasteiger partial charge in [0.15, 0.2) is 0 Å². The van der Waals surface area contributed by atoms with Gasteiger partial charge in [0.2, 0.25) is 5.91 Å². The van der Waals surface area contributed by atoms with Gasteiger partial charge in [0, 0.05) is 34.5 Å². The van der Waals surface area contributed by atoms with E-state index >= 15 is 0 Å². The van der Waals surface area contributed by atoms with Crippen molar-refractivity contribution in [2.45, 2.75) is 34.1 Å². The van der Waals surface area contributed by atoms with Crippen LogP contribution in [0.25, 0.3) is 55.6 Å². The normalized spacial score (nSPS) is 11.8. The molecule has 1 amide bonds. The second kappa shape index (κ2) is 9.72. The second-order valence-corrected chi connectivity index (χ2v) is 11.4. The standard InChI is InChI=1S/C32H29FN6O/c1-18-8-19(10-21(33)9-18)23-6-5-7-26-24(23)12-28(37-26)31-25-13-27(35-17-29(25)38-39-31)20-11-22(16-34-15-20)36-30(40)14-32(2,3)4/h5-13,15-17,37H,14H2,1-4H3,(H,36,40)(H,38,39). The molecule has 0 radical (unpaired) electrons. The van der Waals surface area contributed by atoms with Gasteiger partial charge in [-0.25, -0.2) is 4.39 Å². The Kier molecular flexibility index (Phi) is 6.18. The highest BCUT2D eigenvalue weighted by Crippen LogP contribution is 2.35. The van der Waals surface area contributed by atoms with E-state index in [0.717, 1.165) is 55.4 Å². The highest BCUT2D eigenvalue weighted by atomic mass is 19.1. The van der Waals surface area contributed by atoms with E-state index in [4.69, 9.17) is 0 Å². The van der Waals surface area contributed by atoms with E-state index in [-0.39, 0.29) is 17.1 Å². The molecule has 6 aromatic rings. The number of benzene rings is 2. The number of hydrogen-bond acceptors (Lipinski definition) is 4. The Balaban J connectivity index is 1.37. The third-order valence-corrected chi connectivity index (χ3v) is 6.73. The summed E-state index contributed by atoms with van der Waals surface area (Å²) in [6, 6.07) is 16.9. The molecular weight excluding hydrogens is 503 g/mol. The van der Waals surface area contributed by atoms with Gasteiger partial charge in [-0.15, -0.1) is 0 Å². The highest BCUT2D eigenvalue weighted by molar-refractivity contribution is 6.01. The van der Waals surface area contributed by atoms with Crippen LogP contribution in [0.3, 0.4) is 0 Å². The Labute approximate surface area is 230 Å². The van der Waals surface area contributed by atoms with Gasteiger partial charge in [0.05, 0.1) is 35.0 Å². The van der Waals surface area contributed by atoms with Crippen molar-refractivity contribution in [3.05, 3.63) is 84.6 Å². The fourth-order valence-electron chi connectivity index (χ4n) is 5.04. The number of anilines is 1. The average molecular weight is 533 g/mol. The number of pyridine rings is 2. The molecule has 0 saturated heterocycles. The Morgan fingerprint density at radius 1 is 0.950 bits per heavy atom. The number of nitrogens with zero attached hydrogens (tertiary/aromatic N) is 3. The first-order chi connectivity index (χ1) is 19.1. The molecule has 3 N–H and O–H groups in total. The van der Waals surface area contributed by atoms with Gasteiger partial charge in [-0.05, 0) is 65.4 Å². The predicted octanol–water partition coefficient (Wildman–Crippen LogP) is 7.66. The number of nitrogens with one attached hydrogen (secondary N) is 3. The zero-order valence-electron chi connectivity index (χ0n) is 22.8. The van der Waals surface area contributed by atoms with Crippen LogP contribution < -0.4 is 5.32 Å². The molecule has 0 aliphatic heterocycles. The maximum Gasteiger partial charge on any atom is 0.224 e. The molecule has 200 valence electrons. The smallest absolute Gasteiger partial charge is 0.224 e. The summed E-state index contributed by atoms with van der Waals surface area (Å²) in [5.74, 6) is -0.313. The van der Waals surface area contributed by atoms with E-state index in [1.54, 1.807) is 24.7 Å². The van der Waals surface area contributed by atoms with Crippen molar-refractivity contribution >= 4 is 33.4 Å². The van der Waals surface area contributed by atoms with E-state index < -0.39 is 0 Å². The number of carbonyl (C=O) groups excluding carboxylic acids is 1. The summed E-state index contributed by atoms with van der Waals surface area (Å²) in [5.41, 5.74) is 7.95. The lowest BCUT2D eigenvalue weighted by Gasteiger charge is -2.17. The molecule has 7 nitrogen and oxygen atoms in total. The third-order valence-electron chi connectivity index (χ3n) is 6.73. The lowest BCUT2D eigenvalue weighted by Crippen LogP contribution is -2.19. The van der Waals surface area contributed by atoms with Crippen molar-refractivity contribution in [2.75, 3.05) is 5.32 Å². The van der Waals surface area contributed by atoms with Crippen LogP contribution in [0.15, 0.2) is 73.2 Å². The number of aromatic amines is 2. The highest BCUT2D eigenvalue weighted by Gasteiger charge is 2.18. The Morgan fingerprint density at radius 3 is 2.60 bits per heavy atom. The summed E-state index contributed by atoms with van der Waals surface area (Å²) in [6.45, 7) is 7.97. The summed E-state index contributed by atoms with van der Waals surface area (Å²) < 4.78 is 14.2. The van der Waals surface area contributed by atoms with Crippen LogP contribution in [0, 0.1) is 18.2 Å². The molecule has 0 spiro atoms. The minimum Gasteiger partial charge on any atom is -0.353 e.